The average Bonchev–Trinajstić information content (AvgIpc) is 2.41. The second-order valence-electron chi connectivity index (χ2n) is 4.29. The van der Waals surface area contributed by atoms with Crippen molar-refractivity contribution in [1.82, 2.24) is 0 Å². The number of ether oxygens (including phenoxy) is 1. The van der Waals surface area contributed by atoms with Gasteiger partial charge in [0.05, 0.1) is 6.61 Å². The molecular formula is C15H14BrF2NO2. The van der Waals surface area contributed by atoms with Crippen molar-refractivity contribution in [2.45, 2.75) is 13.5 Å². The van der Waals surface area contributed by atoms with Gasteiger partial charge in [-0.3, -0.25) is 0 Å². The van der Waals surface area contributed by atoms with Crippen LogP contribution in [0.15, 0.2) is 34.8 Å². The zero-order valence-corrected chi connectivity index (χ0v) is 12.9. The molecule has 0 saturated carbocycles. The Labute approximate surface area is 129 Å². The quantitative estimate of drug-likeness (QED) is 0.830. The van der Waals surface area contributed by atoms with Gasteiger partial charge in [0.25, 0.3) is 0 Å². The Kier molecular flexibility index (Phi) is 5.01. The predicted molar refractivity (Wildman–Crippen MR) is 80.7 cm³/mol. The minimum absolute atomic E-state index is 0.0372. The van der Waals surface area contributed by atoms with Crippen LogP contribution >= 0.6 is 15.9 Å². The standard InChI is InChI=1S/C15H14BrF2NO2/c1-2-21-13-5-3-4-9(15(13)20)8-19-14-11(17)6-10(16)7-12(14)18/h3-7,19-20H,2,8H2,1H3. The number of hydrogen-bond donors (Lipinski definition) is 2. The van der Waals surface area contributed by atoms with Gasteiger partial charge in [-0.1, -0.05) is 28.1 Å². The summed E-state index contributed by atoms with van der Waals surface area (Å²) < 4.78 is 33.0. The molecule has 112 valence electrons. The van der Waals surface area contributed by atoms with Crippen molar-refractivity contribution >= 4 is 21.6 Å². The first-order valence-electron chi connectivity index (χ1n) is 6.35. The molecule has 0 heterocycles. The van der Waals surface area contributed by atoms with Crippen molar-refractivity contribution in [1.29, 1.82) is 0 Å². The van der Waals surface area contributed by atoms with Gasteiger partial charge < -0.3 is 15.2 Å². The molecule has 0 bridgehead atoms. The van der Waals surface area contributed by atoms with Crippen LogP contribution in [0.1, 0.15) is 12.5 Å². The van der Waals surface area contributed by atoms with E-state index >= 15 is 0 Å². The van der Waals surface area contributed by atoms with Crippen molar-refractivity contribution in [2.75, 3.05) is 11.9 Å². The highest BCUT2D eigenvalue weighted by Crippen LogP contribution is 2.31. The smallest absolute Gasteiger partial charge is 0.162 e. The largest absolute Gasteiger partial charge is 0.504 e. The SMILES string of the molecule is CCOc1cccc(CNc2c(F)cc(Br)cc2F)c1O. The molecule has 2 aromatic rings. The van der Waals surface area contributed by atoms with Crippen LogP contribution in [0.3, 0.4) is 0 Å². The minimum atomic E-state index is -0.706. The molecule has 0 unspecified atom stereocenters. The number of rotatable bonds is 5. The number of anilines is 1. The van der Waals surface area contributed by atoms with Crippen LogP contribution in [0, 0.1) is 11.6 Å². The van der Waals surface area contributed by atoms with E-state index in [1.807, 2.05) is 0 Å². The van der Waals surface area contributed by atoms with Gasteiger partial charge in [0.15, 0.2) is 11.5 Å². The normalized spacial score (nSPS) is 10.5. The number of para-hydroxylation sites is 1. The highest BCUT2D eigenvalue weighted by atomic mass is 79.9. The van der Waals surface area contributed by atoms with E-state index in [2.05, 4.69) is 21.2 Å². The highest BCUT2D eigenvalue weighted by molar-refractivity contribution is 9.10. The Morgan fingerprint density at radius 1 is 1.24 bits per heavy atom. The summed E-state index contributed by atoms with van der Waals surface area (Å²) in [4.78, 5) is 0. The fourth-order valence-electron chi connectivity index (χ4n) is 1.88. The summed E-state index contributed by atoms with van der Waals surface area (Å²) >= 11 is 3.02. The number of phenols is 1. The summed E-state index contributed by atoms with van der Waals surface area (Å²) in [5.74, 6) is -1.11. The van der Waals surface area contributed by atoms with Gasteiger partial charge in [0.2, 0.25) is 0 Å². The first-order valence-corrected chi connectivity index (χ1v) is 7.14. The average molecular weight is 358 g/mol. The molecule has 0 spiro atoms. The number of benzene rings is 2. The maximum atomic E-state index is 13.7. The molecule has 2 rings (SSSR count). The summed E-state index contributed by atoms with van der Waals surface area (Å²) in [6.07, 6.45) is 0. The maximum Gasteiger partial charge on any atom is 0.162 e. The second-order valence-corrected chi connectivity index (χ2v) is 5.21. The molecule has 0 fully saturated rings. The molecule has 0 amide bonds. The fourth-order valence-corrected chi connectivity index (χ4v) is 2.28. The Morgan fingerprint density at radius 2 is 1.90 bits per heavy atom. The summed E-state index contributed by atoms with van der Waals surface area (Å²) in [5, 5.41) is 12.7. The van der Waals surface area contributed by atoms with E-state index in [1.54, 1.807) is 25.1 Å². The van der Waals surface area contributed by atoms with E-state index in [0.29, 0.717) is 22.4 Å². The lowest BCUT2D eigenvalue weighted by molar-refractivity contribution is 0.317. The Morgan fingerprint density at radius 3 is 2.52 bits per heavy atom. The Balaban J connectivity index is 2.19. The van der Waals surface area contributed by atoms with Gasteiger partial charge in [-0.25, -0.2) is 8.78 Å². The van der Waals surface area contributed by atoms with E-state index < -0.39 is 11.6 Å². The highest BCUT2D eigenvalue weighted by Gasteiger charge is 2.12. The molecule has 0 aliphatic rings. The molecule has 3 nitrogen and oxygen atoms in total. The van der Waals surface area contributed by atoms with Crippen LogP contribution in [-0.2, 0) is 6.54 Å². The number of hydrogen-bond acceptors (Lipinski definition) is 3. The molecule has 0 saturated heterocycles. The van der Waals surface area contributed by atoms with Crippen LogP contribution in [0.2, 0.25) is 0 Å². The third kappa shape index (κ3) is 3.64. The van der Waals surface area contributed by atoms with Crippen LogP contribution < -0.4 is 10.1 Å². The predicted octanol–water partition coefficient (Wildman–Crippen LogP) is 4.44. The van der Waals surface area contributed by atoms with Gasteiger partial charge in [0, 0.05) is 16.6 Å². The molecule has 0 radical (unpaired) electrons. The molecule has 0 aromatic heterocycles. The van der Waals surface area contributed by atoms with Crippen LogP contribution in [0.4, 0.5) is 14.5 Å². The first-order chi connectivity index (χ1) is 10.0. The molecule has 6 heteroatoms. The molecule has 0 aliphatic heterocycles. The first kappa shape index (κ1) is 15.6. The van der Waals surface area contributed by atoms with Crippen LogP contribution in [0.5, 0.6) is 11.5 Å². The number of phenolic OH excluding ortho intramolecular Hbond substituents is 1. The van der Waals surface area contributed by atoms with E-state index in [9.17, 15) is 13.9 Å². The van der Waals surface area contributed by atoms with Gasteiger partial charge in [0.1, 0.15) is 17.3 Å². The van der Waals surface area contributed by atoms with E-state index in [0.717, 1.165) is 0 Å². The Hall–Kier alpha value is -1.82. The van der Waals surface area contributed by atoms with Crippen molar-refractivity contribution in [3.8, 4) is 11.5 Å². The summed E-state index contributed by atoms with van der Waals surface area (Å²) in [5.41, 5.74) is 0.252. The van der Waals surface area contributed by atoms with Crippen molar-refractivity contribution in [3.05, 3.63) is 52.0 Å². The van der Waals surface area contributed by atoms with Gasteiger partial charge >= 0.3 is 0 Å². The summed E-state index contributed by atoms with van der Waals surface area (Å²) in [7, 11) is 0. The second kappa shape index (κ2) is 6.76. The zero-order valence-electron chi connectivity index (χ0n) is 11.3. The van der Waals surface area contributed by atoms with Crippen molar-refractivity contribution in [2.24, 2.45) is 0 Å². The molecule has 2 N–H and O–H groups in total. The molecule has 0 aliphatic carbocycles. The van der Waals surface area contributed by atoms with Gasteiger partial charge in [-0.2, -0.15) is 0 Å². The molecular weight excluding hydrogens is 344 g/mol. The van der Waals surface area contributed by atoms with E-state index in [1.165, 1.54) is 12.1 Å². The number of nitrogens with one attached hydrogen (secondary N) is 1. The Bertz CT molecular complexity index is 627. The molecule has 21 heavy (non-hydrogen) atoms. The van der Waals surface area contributed by atoms with Crippen molar-refractivity contribution < 1.29 is 18.6 Å². The summed E-state index contributed by atoms with van der Waals surface area (Å²) in [6.45, 7) is 2.29. The van der Waals surface area contributed by atoms with Gasteiger partial charge in [-0.15, -0.1) is 0 Å². The van der Waals surface area contributed by atoms with E-state index in [4.69, 9.17) is 4.74 Å². The monoisotopic (exact) mass is 357 g/mol. The lowest BCUT2D eigenvalue weighted by Crippen LogP contribution is -2.05. The van der Waals surface area contributed by atoms with Gasteiger partial charge in [-0.05, 0) is 25.1 Å². The number of halogens is 3. The van der Waals surface area contributed by atoms with E-state index in [-0.39, 0.29) is 18.0 Å². The lowest BCUT2D eigenvalue weighted by Gasteiger charge is -2.12. The molecule has 0 atom stereocenters. The molecule has 2 aromatic carbocycles. The minimum Gasteiger partial charge on any atom is -0.504 e. The topological polar surface area (TPSA) is 41.5 Å². The van der Waals surface area contributed by atoms with Crippen LogP contribution in [0.25, 0.3) is 0 Å². The van der Waals surface area contributed by atoms with Crippen LogP contribution in [-0.4, -0.2) is 11.7 Å². The number of aromatic hydroxyl groups is 1. The van der Waals surface area contributed by atoms with Crippen molar-refractivity contribution in [3.63, 3.8) is 0 Å². The third-order valence-corrected chi connectivity index (χ3v) is 3.30. The summed E-state index contributed by atoms with van der Waals surface area (Å²) in [6, 6.07) is 7.32. The lowest BCUT2D eigenvalue weighted by atomic mass is 10.1. The maximum absolute atomic E-state index is 13.7. The third-order valence-electron chi connectivity index (χ3n) is 2.84. The zero-order chi connectivity index (χ0) is 15.4. The fraction of sp³-hybridized carbons (Fsp3) is 0.200.